The standard InChI is InChI=1S/C6H13ClN2/c1-4-8-6(7)9-5(2)3/h5H,4H2,1-3H3,(H,8,9). The van der Waals surface area contributed by atoms with Gasteiger partial charge in [0.1, 0.15) is 0 Å². The maximum Gasteiger partial charge on any atom is 0.191 e. The number of nitrogens with one attached hydrogen (secondary N) is 1. The van der Waals surface area contributed by atoms with Gasteiger partial charge in [-0.2, -0.15) is 0 Å². The van der Waals surface area contributed by atoms with Crippen LogP contribution in [-0.4, -0.2) is 17.9 Å². The fourth-order valence-electron chi connectivity index (χ4n) is 0.418. The lowest BCUT2D eigenvalue weighted by molar-refractivity contribution is 0.823. The van der Waals surface area contributed by atoms with E-state index >= 15 is 0 Å². The topological polar surface area (TPSA) is 24.4 Å². The van der Waals surface area contributed by atoms with Crippen LogP contribution < -0.4 is 5.32 Å². The molecule has 1 N–H and O–H groups in total. The third kappa shape index (κ3) is 5.63. The van der Waals surface area contributed by atoms with Gasteiger partial charge in [0.15, 0.2) is 5.29 Å². The normalized spacial score (nSPS) is 12.3. The Hall–Kier alpha value is -0.240. The average molecular weight is 149 g/mol. The first-order valence-electron chi connectivity index (χ1n) is 3.14. The lowest BCUT2D eigenvalue weighted by Gasteiger charge is -2.00. The second-order valence-corrected chi connectivity index (χ2v) is 2.40. The summed E-state index contributed by atoms with van der Waals surface area (Å²) in [6.45, 7) is 6.78. The summed E-state index contributed by atoms with van der Waals surface area (Å²) in [5.74, 6) is 0. The zero-order valence-electron chi connectivity index (χ0n) is 6.11. The highest BCUT2D eigenvalue weighted by atomic mass is 35.5. The smallest absolute Gasteiger partial charge is 0.191 e. The molecule has 0 radical (unpaired) electrons. The molecule has 0 heterocycles. The van der Waals surface area contributed by atoms with Gasteiger partial charge in [-0.1, -0.05) is 0 Å². The molecule has 0 aromatic carbocycles. The average Bonchev–Trinajstić information content (AvgIpc) is 1.63. The molecule has 0 aromatic rings. The maximum atomic E-state index is 5.61. The molecule has 0 saturated heterocycles. The van der Waals surface area contributed by atoms with E-state index in [9.17, 15) is 0 Å². The Morgan fingerprint density at radius 3 is 2.56 bits per heavy atom. The zero-order chi connectivity index (χ0) is 7.28. The molecule has 0 fully saturated rings. The summed E-state index contributed by atoms with van der Waals surface area (Å²) in [7, 11) is 0. The van der Waals surface area contributed by atoms with Gasteiger partial charge < -0.3 is 5.32 Å². The van der Waals surface area contributed by atoms with E-state index in [-0.39, 0.29) is 6.04 Å². The number of aliphatic imine (C=N–C) groups is 1. The molecule has 0 aromatic heterocycles. The van der Waals surface area contributed by atoms with Crippen molar-refractivity contribution in [1.29, 1.82) is 0 Å². The van der Waals surface area contributed by atoms with Crippen LogP contribution in [0.25, 0.3) is 0 Å². The third-order valence-corrected chi connectivity index (χ3v) is 0.925. The van der Waals surface area contributed by atoms with E-state index in [4.69, 9.17) is 11.6 Å². The van der Waals surface area contributed by atoms with Gasteiger partial charge in [-0.25, -0.2) is 0 Å². The number of rotatable bonds is 2. The lowest BCUT2D eigenvalue weighted by atomic mass is 10.4. The first-order valence-corrected chi connectivity index (χ1v) is 3.51. The highest BCUT2D eigenvalue weighted by molar-refractivity contribution is 6.64. The third-order valence-electron chi connectivity index (χ3n) is 0.694. The summed E-state index contributed by atoms with van der Waals surface area (Å²) in [6.07, 6.45) is 0. The molecular formula is C6H13ClN2. The molecule has 54 valence electrons. The van der Waals surface area contributed by atoms with Crippen molar-refractivity contribution in [2.45, 2.75) is 26.8 Å². The Labute approximate surface area is 61.3 Å². The van der Waals surface area contributed by atoms with Crippen molar-refractivity contribution >= 4 is 16.9 Å². The molecule has 0 aliphatic carbocycles. The van der Waals surface area contributed by atoms with Crippen LogP contribution >= 0.6 is 11.6 Å². The van der Waals surface area contributed by atoms with Gasteiger partial charge >= 0.3 is 0 Å². The number of amidine groups is 1. The van der Waals surface area contributed by atoms with Gasteiger partial charge in [-0.05, 0) is 32.4 Å². The zero-order valence-corrected chi connectivity index (χ0v) is 6.87. The maximum absolute atomic E-state index is 5.61. The minimum atomic E-state index is 0.275. The van der Waals surface area contributed by atoms with Crippen molar-refractivity contribution in [2.24, 2.45) is 4.99 Å². The molecule has 0 bridgehead atoms. The molecule has 0 atom stereocenters. The van der Waals surface area contributed by atoms with Crippen LogP contribution in [0.5, 0.6) is 0 Å². The lowest BCUT2D eigenvalue weighted by Crippen LogP contribution is -2.18. The van der Waals surface area contributed by atoms with Crippen LogP contribution in [0.15, 0.2) is 4.99 Å². The largest absolute Gasteiger partial charge is 0.361 e. The van der Waals surface area contributed by atoms with E-state index in [0.29, 0.717) is 5.29 Å². The Bertz CT molecular complexity index is 99.2. The van der Waals surface area contributed by atoms with Crippen molar-refractivity contribution < 1.29 is 0 Å². The van der Waals surface area contributed by atoms with Crippen molar-refractivity contribution in [1.82, 2.24) is 5.32 Å². The Kier molecular flexibility index (Phi) is 4.50. The van der Waals surface area contributed by atoms with Gasteiger partial charge in [0.25, 0.3) is 0 Å². The summed E-state index contributed by atoms with van der Waals surface area (Å²) in [4.78, 5) is 4.04. The first-order chi connectivity index (χ1) is 4.16. The molecule has 0 rings (SSSR count). The molecule has 2 nitrogen and oxygen atoms in total. The predicted molar refractivity (Wildman–Crippen MR) is 42.1 cm³/mol. The van der Waals surface area contributed by atoms with Crippen LogP contribution in [0.2, 0.25) is 0 Å². The minimum Gasteiger partial charge on any atom is -0.361 e. The highest BCUT2D eigenvalue weighted by Gasteiger charge is 1.90. The number of hydrogen-bond donors (Lipinski definition) is 1. The minimum absolute atomic E-state index is 0.275. The molecule has 0 unspecified atom stereocenters. The van der Waals surface area contributed by atoms with E-state index < -0.39 is 0 Å². The summed E-state index contributed by atoms with van der Waals surface area (Å²) >= 11 is 5.61. The predicted octanol–water partition coefficient (Wildman–Crippen LogP) is 1.60. The Morgan fingerprint density at radius 1 is 1.67 bits per heavy atom. The molecule has 0 aliphatic heterocycles. The molecule has 3 heteroatoms. The van der Waals surface area contributed by atoms with Crippen LogP contribution in [0.3, 0.4) is 0 Å². The monoisotopic (exact) mass is 148 g/mol. The summed E-state index contributed by atoms with van der Waals surface area (Å²) in [6, 6.07) is 0.275. The van der Waals surface area contributed by atoms with Crippen molar-refractivity contribution in [2.75, 3.05) is 6.54 Å². The van der Waals surface area contributed by atoms with Crippen LogP contribution in [0.1, 0.15) is 20.8 Å². The van der Waals surface area contributed by atoms with Gasteiger partial charge in [-0.3, -0.25) is 4.99 Å². The second kappa shape index (κ2) is 4.62. The fourth-order valence-corrected chi connectivity index (χ4v) is 0.747. The molecule has 0 aliphatic rings. The van der Waals surface area contributed by atoms with Crippen molar-refractivity contribution in [3.05, 3.63) is 0 Å². The van der Waals surface area contributed by atoms with E-state index in [1.165, 1.54) is 0 Å². The van der Waals surface area contributed by atoms with Crippen LogP contribution in [-0.2, 0) is 0 Å². The van der Waals surface area contributed by atoms with E-state index in [2.05, 4.69) is 10.3 Å². The van der Waals surface area contributed by atoms with Crippen LogP contribution in [0.4, 0.5) is 0 Å². The fraction of sp³-hybridized carbons (Fsp3) is 0.833. The molecule has 0 amide bonds. The van der Waals surface area contributed by atoms with E-state index in [1.54, 1.807) is 0 Å². The Balaban J connectivity index is 3.55. The highest BCUT2D eigenvalue weighted by Crippen LogP contribution is 1.88. The molecule has 9 heavy (non-hydrogen) atoms. The van der Waals surface area contributed by atoms with Crippen molar-refractivity contribution in [3.63, 3.8) is 0 Å². The number of hydrogen-bond acceptors (Lipinski definition) is 1. The summed E-state index contributed by atoms with van der Waals surface area (Å²) in [5, 5.41) is 3.40. The van der Waals surface area contributed by atoms with Gasteiger partial charge in [-0.15, -0.1) is 0 Å². The number of nitrogens with zero attached hydrogens (tertiary/aromatic N) is 1. The van der Waals surface area contributed by atoms with Crippen molar-refractivity contribution in [3.8, 4) is 0 Å². The summed E-state index contributed by atoms with van der Waals surface area (Å²) in [5.41, 5.74) is 0. The molecule has 0 saturated carbocycles. The van der Waals surface area contributed by atoms with Crippen LogP contribution in [0, 0.1) is 0 Å². The second-order valence-electron chi connectivity index (χ2n) is 2.04. The summed E-state index contributed by atoms with van der Waals surface area (Å²) < 4.78 is 0. The SMILES string of the molecule is CCN/C(Cl)=N\C(C)C. The van der Waals surface area contributed by atoms with Gasteiger partial charge in [0.2, 0.25) is 0 Å². The van der Waals surface area contributed by atoms with E-state index in [1.807, 2.05) is 20.8 Å². The Morgan fingerprint density at radius 2 is 2.22 bits per heavy atom. The number of halogens is 1. The van der Waals surface area contributed by atoms with Gasteiger partial charge in [0, 0.05) is 12.6 Å². The van der Waals surface area contributed by atoms with E-state index in [0.717, 1.165) is 6.54 Å². The molecule has 0 spiro atoms. The quantitative estimate of drug-likeness (QED) is 0.359. The van der Waals surface area contributed by atoms with Gasteiger partial charge in [0.05, 0.1) is 0 Å². The molecular weight excluding hydrogens is 136 g/mol. The first kappa shape index (κ1) is 8.76.